The molecule has 0 atom stereocenters. The molecule has 138 valence electrons. The van der Waals surface area contributed by atoms with Crippen molar-refractivity contribution in [3.63, 3.8) is 0 Å². The lowest BCUT2D eigenvalue weighted by molar-refractivity contribution is -0.384. The van der Waals surface area contributed by atoms with Crippen LogP contribution in [-0.4, -0.2) is 41.2 Å². The number of imide groups is 1. The normalized spacial score (nSPS) is 12.7. The molecule has 9 heteroatoms. The minimum Gasteiger partial charge on any atom is -0.497 e. The van der Waals surface area contributed by atoms with Crippen molar-refractivity contribution in [2.45, 2.75) is 6.54 Å². The first-order valence-corrected chi connectivity index (χ1v) is 7.95. The molecule has 1 N–H and O–H groups in total. The zero-order valence-electron chi connectivity index (χ0n) is 14.3. The molecule has 0 saturated heterocycles. The van der Waals surface area contributed by atoms with Gasteiger partial charge in [0.2, 0.25) is 5.91 Å². The summed E-state index contributed by atoms with van der Waals surface area (Å²) in [5.41, 5.74) is 0.473. The van der Waals surface area contributed by atoms with E-state index in [9.17, 15) is 24.5 Å². The number of carbonyl (C=O) groups excluding carboxylic acids is 3. The zero-order chi connectivity index (χ0) is 19.6. The van der Waals surface area contributed by atoms with E-state index in [1.165, 1.54) is 13.2 Å². The summed E-state index contributed by atoms with van der Waals surface area (Å²) < 4.78 is 5.10. The standard InChI is InChI=1S/C18H15N3O6/c1-27-13-4-2-3-11(7-13)9-19-16(22)10-20-17(23)14-6-5-12(21(25)26)8-15(14)18(20)24/h2-8H,9-10H2,1H3,(H,19,22). The minimum absolute atomic E-state index is 0.0474. The van der Waals surface area contributed by atoms with Crippen molar-refractivity contribution in [1.29, 1.82) is 0 Å². The maximum Gasteiger partial charge on any atom is 0.270 e. The minimum atomic E-state index is -0.727. The van der Waals surface area contributed by atoms with E-state index in [-0.39, 0.29) is 23.4 Å². The predicted molar refractivity (Wildman–Crippen MR) is 93.3 cm³/mol. The van der Waals surface area contributed by atoms with Crippen LogP contribution < -0.4 is 10.1 Å². The topological polar surface area (TPSA) is 119 Å². The van der Waals surface area contributed by atoms with Gasteiger partial charge in [0.25, 0.3) is 17.5 Å². The van der Waals surface area contributed by atoms with Gasteiger partial charge in [-0.05, 0) is 23.8 Å². The van der Waals surface area contributed by atoms with E-state index in [4.69, 9.17) is 4.74 Å². The molecule has 1 heterocycles. The Hall–Kier alpha value is -3.75. The highest BCUT2D eigenvalue weighted by Crippen LogP contribution is 2.26. The van der Waals surface area contributed by atoms with E-state index in [1.807, 2.05) is 0 Å². The number of nitrogens with one attached hydrogen (secondary N) is 1. The zero-order valence-corrected chi connectivity index (χ0v) is 14.3. The number of nitro benzene ring substituents is 1. The van der Waals surface area contributed by atoms with E-state index in [0.29, 0.717) is 5.75 Å². The van der Waals surface area contributed by atoms with Crippen molar-refractivity contribution in [2.75, 3.05) is 13.7 Å². The second kappa shape index (κ2) is 7.24. The quantitative estimate of drug-likeness (QED) is 0.468. The van der Waals surface area contributed by atoms with Gasteiger partial charge in [0.1, 0.15) is 12.3 Å². The first-order chi connectivity index (χ1) is 12.9. The van der Waals surface area contributed by atoms with Crippen molar-refractivity contribution < 1.29 is 24.0 Å². The molecule has 0 radical (unpaired) electrons. The lowest BCUT2D eigenvalue weighted by Crippen LogP contribution is -2.40. The van der Waals surface area contributed by atoms with Gasteiger partial charge in [-0.1, -0.05) is 12.1 Å². The number of rotatable bonds is 6. The van der Waals surface area contributed by atoms with Crippen molar-refractivity contribution in [2.24, 2.45) is 0 Å². The Balaban J connectivity index is 1.66. The molecule has 27 heavy (non-hydrogen) atoms. The van der Waals surface area contributed by atoms with E-state index in [1.54, 1.807) is 24.3 Å². The van der Waals surface area contributed by atoms with Gasteiger partial charge in [0, 0.05) is 18.7 Å². The summed E-state index contributed by atoms with van der Waals surface area (Å²) in [6, 6.07) is 10.5. The monoisotopic (exact) mass is 369 g/mol. The van der Waals surface area contributed by atoms with Crippen LogP contribution in [0.15, 0.2) is 42.5 Å². The number of nitro groups is 1. The number of methoxy groups -OCH3 is 1. The average molecular weight is 369 g/mol. The Morgan fingerprint density at radius 1 is 1.15 bits per heavy atom. The summed E-state index contributed by atoms with van der Waals surface area (Å²) in [5, 5.41) is 13.5. The third-order valence-electron chi connectivity index (χ3n) is 4.09. The van der Waals surface area contributed by atoms with E-state index in [2.05, 4.69) is 5.32 Å². The number of non-ortho nitro benzene ring substituents is 1. The fourth-order valence-electron chi connectivity index (χ4n) is 2.72. The smallest absolute Gasteiger partial charge is 0.270 e. The number of ether oxygens (including phenoxy) is 1. The number of fused-ring (bicyclic) bond motifs is 1. The van der Waals surface area contributed by atoms with Crippen LogP contribution in [0.2, 0.25) is 0 Å². The van der Waals surface area contributed by atoms with E-state index >= 15 is 0 Å². The van der Waals surface area contributed by atoms with Gasteiger partial charge in [0.05, 0.1) is 23.2 Å². The number of amides is 3. The summed E-state index contributed by atoms with van der Waals surface area (Å²) in [4.78, 5) is 47.8. The second-order valence-electron chi connectivity index (χ2n) is 5.81. The highest BCUT2D eigenvalue weighted by molar-refractivity contribution is 6.22. The fourth-order valence-corrected chi connectivity index (χ4v) is 2.72. The Bertz CT molecular complexity index is 956. The molecule has 0 spiro atoms. The van der Waals surface area contributed by atoms with Crippen LogP contribution in [0.1, 0.15) is 26.3 Å². The first-order valence-electron chi connectivity index (χ1n) is 7.95. The molecule has 1 aliphatic rings. The van der Waals surface area contributed by atoms with Crippen molar-refractivity contribution in [3.05, 3.63) is 69.3 Å². The molecule has 9 nitrogen and oxygen atoms in total. The Kier molecular flexibility index (Phi) is 4.84. The molecule has 3 amide bonds. The molecule has 0 aromatic heterocycles. The predicted octanol–water partition coefficient (Wildman–Crippen LogP) is 1.52. The van der Waals surface area contributed by atoms with Crippen LogP contribution in [0.3, 0.4) is 0 Å². The summed E-state index contributed by atoms with van der Waals surface area (Å²) in [6.07, 6.45) is 0. The number of hydrogen-bond acceptors (Lipinski definition) is 6. The van der Waals surface area contributed by atoms with Crippen molar-refractivity contribution in [3.8, 4) is 5.75 Å². The van der Waals surface area contributed by atoms with Gasteiger partial charge in [-0.25, -0.2) is 0 Å². The van der Waals surface area contributed by atoms with Gasteiger partial charge >= 0.3 is 0 Å². The van der Waals surface area contributed by atoms with Gasteiger partial charge in [-0.2, -0.15) is 0 Å². The average Bonchev–Trinajstić information content (AvgIpc) is 2.91. The Morgan fingerprint density at radius 2 is 1.89 bits per heavy atom. The molecule has 3 rings (SSSR count). The van der Waals surface area contributed by atoms with Gasteiger partial charge < -0.3 is 10.1 Å². The molecule has 0 saturated carbocycles. The molecule has 1 aliphatic heterocycles. The van der Waals surface area contributed by atoms with E-state index in [0.717, 1.165) is 22.6 Å². The third-order valence-corrected chi connectivity index (χ3v) is 4.09. The Morgan fingerprint density at radius 3 is 2.59 bits per heavy atom. The maximum atomic E-state index is 12.4. The van der Waals surface area contributed by atoms with Gasteiger partial charge in [-0.3, -0.25) is 29.4 Å². The molecule has 0 bridgehead atoms. The lowest BCUT2D eigenvalue weighted by Gasteiger charge is -2.13. The van der Waals surface area contributed by atoms with Crippen LogP contribution >= 0.6 is 0 Å². The number of benzene rings is 2. The molecule has 0 aliphatic carbocycles. The number of carbonyl (C=O) groups is 3. The first kappa shape index (κ1) is 18.1. The Labute approximate surface area is 153 Å². The molecular weight excluding hydrogens is 354 g/mol. The van der Waals surface area contributed by atoms with Gasteiger partial charge in [0.15, 0.2) is 0 Å². The summed E-state index contributed by atoms with van der Waals surface area (Å²) in [5.74, 6) is -1.26. The SMILES string of the molecule is COc1cccc(CNC(=O)CN2C(=O)c3ccc([N+](=O)[O-])cc3C2=O)c1. The van der Waals surface area contributed by atoms with E-state index < -0.39 is 29.2 Å². The molecule has 2 aromatic carbocycles. The highest BCUT2D eigenvalue weighted by atomic mass is 16.6. The number of nitrogens with zero attached hydrogens (tertiary/aromatic N) is 2. The van der Waals surface area contributed by atoms with Crippen LogP contribution in [0, 0.1) is 10.1 Å². The van der Waals surface area contributed by atoms with Crippen LogP contribution in [0.25, 0.3) is 0 Å². The van der Waals surface area contributed by atoms with Crippen molar-refractivity contribution in [1.82, 2.24) is 10.2 Å². The third kappa shape index (κ3) is 3.61. The van der Waals surface area contributed by atoms with Crippen LogP contribution in [-0.2, 0) is 11.3 Å². The molecule has 2 aromatic rings. The van der Waals surface area contributed by atoms with Crippen LogP contribution in [0.5, 0.6) is 5.75 Å². The molecule has 0 fully saturated rings. The van der Waals surface area contributed by atoms with Crippen LogP contribution in [0.4, 0.5) is 5.69 Å². The van der Waals surface area contributed by atoms with Crippen molar-refractivity contribution >= 4 is 23.4 Å². The largest absolute Gasteiger partial charge is 0.497 e. The highest BCUT2D eigenvalue weighted by Gasteiger charge is 2.37. The molecule has 0 unspecified atom stereocenters. The fraction of sp³-hybridized carbons (Fsp3) is 0.167. The maximum absolute atomic E-state index is 12.4. The molecular formula is C18H15N3O6. The number of hydrogen-bond donors (Lipinski definition) is 1. The van der Waals surface area contributed by atoms with Gasteiger partial charge in [-0.15, -0.1) is 0 Å². The second-order valence-corrected chi connectivity index (χ2v) is 5.81. The lowest BCUT2D eigenvalue weighted by atomic mass is 10.1. The summed E-state index contributed by atoms with van der Waals surface area (Å²) in [6.45, 7) is -0.269. The summed E-state index contributed by atoms with van der Waals surface area (Å²) in [7, 11) is 1.53. The summed E-state index contributed by atoms with van der Waals surface area (Å²) >= 11 is 0.